The minimum absolute atomic E-state index is 0.112. The average Bonchev–Trinajstić information content (AvgIpc) is 4.20. The summed E-state index contributed by atoms with van der Waals surface area (Å²) < 4.78 is 25.8. The number of benzene rings is 1. The number of carboxylic acid groups (broad SMARTS) is 1. The number of aliphatic carboxylic acids is 1. The smallest absolute Gasteiger partial charge is 0.330 e. The summed E-state index contributed by atoms with van der Waals surface area (Å²) in [6, 6.07) is 8.00. The SMILES string of the molecule is C/C=C(\C)C(=O)O.CC.CCCCC/C=C\C1CC1C(=O)NSC1CC1.COCc1ccc(C(=O)NCC(=O)N2C[C@H](Oc3cc(OC(C)C)nc4c(C)c(OC)ccc34)C[C@H]2C(N)=O)s1. The summed E-state index contributed by atoms with van der Waals surface area (Å²) in [5.74, 6) is 0.322. The quantitative estimate of drug-likeness (QED) is 0.0364. The predicted octanol–water partition coefficient (Wildman–Crippen LogP) is 8.56. The van der Waals surface area contributed by atoms with E-state index in [0.717, 1.165) is 22.2 Å². The van der Waals surface area contributed by atoms with Gasteiger partial charge in [-0.15, -0.1) is 11.3 Å². The number of nitrogens with one attached hydrogen (secondary N) is 2. The Morgan fingerprint density at radius 1 is 1.06 bits per heavy atom. The molecule has 364 valence electrons. The maximum atomic E-state index is 13.1. The number of rotatable bonds is 20. The molecule has 1 saturated heterocycles. The molecule has 4 atom stereocenters. The van der Waals surface area contributed by atoms with Crippen LogP contribution in [0.5, 0.6) is 17.4 Å². The third-order valence-corrected chi connectivity index (χ3v) is 12.8. The molecule has 1 aromatic carbocycles. The highest BCUT2D eigenvalue weighted by molar-refractivity contribution is 7.98. The van der Waals surface area contributed by atoms with Crippen molar-refractivity contribution >= 4 is 63.8 Å². The number of allylic oxidation sites excluding steroid dienone is 3. The highest BCUT2D eigenvalue weighted by atomic mass is 32.2. The molecule has 2 aliphatic carbocycles. The Kier molecular flexibility index (Phi) is 23.5. The molecule has 2 unspecified atom stereocenters. The summed E-state index contributed by atoms with van der Waals surface area (Å²) in [6.45, 7) is 15.4. The second kappa shape index (κ2) is 28.1. The summed E-state index contributed by atoms with van der Waals surface area (Å²) in [6.07, 6.45) is 14.3. The monoisotopic (exact) mass is 953 g/mol. The largest absolute Gasteiger partial charge is 0.496 e. The first kappa shape index (κ1) is 55.2. The number of primary amides is 1. The minimum atomic E-state index is -0.870. The number of fused-ring (bicyclic) bond motifs is 1. The number of methoxy groups -OCH3 is 2. The van der Waals surface area contributed by atoms with Gasteiger partial charge in [0.1, 0.15) is 23.6 Å². The lowest BCUT2D eigenvalue weighted by atomic mass is 10.1. The fraction of sp³-hybridized carbons (Fsp3) is 0.551. The van der Waals surface area contributed by atoms with Crippen LogP contribution in [0.15, 0.2) is 54.1 Å². The molecule has 6 rings (SSSR count). The number of hydrogen-bond acceptors (Lipinski definition) is 12. The summed E-state index contributed by atoms with van der Waals surface area (Å²) in [5, 5.41) is 12.2. The fourth-order valence-corrected chi connectivity index (χ4v) is 8.39. The number of pyridine rings is 1. The van der Waals surface area contributed by atoms with Crippen LogP contribution in [0.25, 0.3) is 10.9 Å². The van der Waals surface area contributed by atoms with Crippen molar-refractivity contribution in [3.63, 3.8) is 0 Å². The van der Waals surface area contributed by atoms with Gasteiger partial charge in [0.2, 0.25) is 23.6 Å². The Morgan fingerprint density at radius 2 is 1.79 bits per heavy atom. The molecule has 0 bridgehead atoms. The molecule has 3 aliphatic rings. The molecule has 3 aromatic rings. The van der Waals surface area contributed by atoms with E-state index in [0.29, 0.717) is 51.1 Å². The van der Waals surface area contributed by atoms with Gasteiger partial charge in [-0.05, 0) is 109 Å². The summed E-state index contributed by atoms with van der Waals surface area (Å²) in [4.78, 5) is 66.9. The molecule has 15 nitrogen and oxygen atoms in total. The van der Waals surface area contributed by atoms with Gasteiger partial charge in [0.05, 0.1) is 43.3 Å². The van der Waals surface area contributed by atoms with E-state index in [1.54, 1.807) is 64.3 Å². The normalized spacial score (nSPS) is 18.5. The van der Waals surface area contributed by atoms with E-state index >= 15 is 0 Å². The number of unbranched alkanes of at least 4 members (excludes halogenated alkanes) is 3. The molecule has 5 N–H and O–H groups in total. The topological polar surface area (TPSA) is 209 Å². The lowest BCUT2D eigenvalue weighted by Gasteiger charge is -2.22. The zero-order chi connectivity index (χ0) is 48.9. The molecule has 3 heterocycles. The molecule has 66 heavy (non-hydrogen) atoms. The van der Waals surface area contributed by atoms with Crippen LogP contribution in [0.1, 0.15) is 120 Å². The number of likely N-dealkylation sites (tertiary alicyclic amines) is 1. The Labute approximate surface area is 398 Å². The van der Waals surface area contributed by atoms with Crippen molar-refractivity contribution in [3.8, 4) is 17.4 Å². The van der Waals surface area contributed by atoms with E-state index in [9.17, 15) is 24.0 Å². The molecule has 2 saturated carbocycles. The Hall–Kier alpha value is -5.13. The number of carbonyl (C=O) groups is 5. The van der Waals surface area contributed by atoms with Crippen molar-refractivity contribution in [2.24, 2.45) is 17.6 Å². The van der Waals surface area contributed by atoms with Crippen molar-refractivity contribution in [1.29, 1.82) is 0 Å². The Balaban J connectivity index is 0.000000364. The number of carbonyl (C=O) groups excluding carboxylic acids is 4. The highest BCUT2D eigenvalue weighted by Gasteiger charge is 2.42. The standard InChI is InChI=1S/C28H34N4O7S.C14H23NOS.C5H8O2.C2H6/c1-15(2)38-24-11-22(19-7-8-21(37-5)16(3)26(19)31-24)39-17-10-20(27(29)34)32(13-17)25(33)12-30-28(35)23-9-6-18(40-23)14-36-4;1-2-3-4-5-6-7-11-10-13(11)14(16)15-17-12-8-9-12;1-3-4(2)5(6)7;1-2/h6-9,11,15,17,20H,10,12-14H2,1-5H3,(H2,29,34)(H,30,35);6-7,11-13H,2-5,8-10H2,1H3,(H,15,16);3H,1-2H3,(H,6,7);1-2H3/b;7-6-;4-3+;/t17-,20+;;;/m1.../s1. The maximum absolute atomic E-state index is 13.1. The van der Waals surface area contributed by atoms with E-state index in [-0.39, 0.29) is 43.3 Å². The first-order valence-corrected chi connectivity index (χ1v) is 24.5. The van der Waals surface area contributed by atoms with Crippen molar-refractivity contribution in [1.82, 2.24) is 19.9 Å². The van der Waals surface area contributed by atoms with Gasteiger partial charge in [0.25, 0.3) is 5.91 Å². The highest BCUT2D eigenvalue weighted by Crippen LogP contribution is 2.41. The molecule has 0 radical (unpaired) electrons. The summed E-state index contributed by atoms with van der Waals surface area (Å²) in [5.41, 5.74) is 7.53. The van der Waals surface area contributed by atoms with Crippen LogP contribution in [0.2, 0.25) is 0 Å². The summed E-state index contributed by atoms with van der Waals surface area (Å²) >= 11 is 2.92. The van der Waals surface area contributed by atoms with E-state index in [1.165, 1.54) is 54.8 Å². The predicted molar refractivity (Wildman–Crippen MR) is 262 cm³/mol. The van der Waals surface area contributed by atoms with Crippen molar-refractivity contribution in [2.45, 2.75) is 137 Å². The molecule has 2 aromatic heterocycles. The number of carboxylic acids is 1. The molecule has 0 spiro atoms. The Bertz CT molecular complexity index is 2140. The third-order valence-electron chi connectivity index (χ3n) is 10.6. The van der Waals surface area contributed by atoms with Crippen LogP contribution in [0.4, 0.5) is 0 Å². The zero-order valence-corrected chi connectivity index (χ0v) is 41.9. The van der Waals surface area contributed by atoms with Gasteiger partial charge in [-0.25, -0.2) is 9.78 Å². The lowest BCUT2D eigenvalue weighted by molar-refractivity contribution is -0.136. The van der Waals surface area contributed by atoms with Gasteiger partial charge in [-0.3, -0.25) is 23.9 Å². The van der Waals surface area contributed by atoms with Crippen LogP contribution in [-0.2, 0) is 30.5 Å². The number of aryl methyl sites for hydroxylation is 1. The number of ether oxygens (including phenoxy) is 4. The second-order valence-electron chi connectivity index (χ2n) is 16.2. The number of aromatic nitrogens is 1. The first-order valence-electron chi connectivity index (χ1n) is 22.8. The molecule has 3 fully saturated rings. The number of amides is 4. The van der Waals surface area contributed by atoms with Gasteiger partial charge in [0.15, 0.2) is 0 Å². The van der Waals surface area contributed by atoms with E-state index < -0.39 is 29.9 Å². The fourth-order valence-electron chi connectivity index (χ4n) is 6.69. The van der Waals surface area contributed by atoms with Crippen LogP contribution < -0.4 is 30.0 Å². The minimum Gasteiger partial charge on any atom is -0.496 e. The van der Waals surface area contributed by atoms with Gasteiger partial charge in [-0.2, -0.15) is 0 Å². The average molecular weight is 954 g/mol. The van der Waals surface area contributed by atoms with Crippen molar-refractivity contribution < 1.29 is 48.0 Å². The zero-order valence-electron chi connectivity index (χ0n) is 40.3. The van der Waals surface area contributed by atoms with Crippen molar-refractivity contribution in [2.75, 3.05) is 27.3 Å². The van der Waals surface area contributed by atoms with E-state index in [2.05, 4.69) is 34.1 Å². The number of nitrogens with zero attached hydrogens (tertiary/aromatic N) is 2. The summed E-state index contributed by atoms with van der Waals surface area (Å²) in [7, 11) is 3.17. The Morgan fingerprint density at radius 3 is 2.38 bits per heavy atom. The molecular weight excluding hydrogens is 883 g/mol. The first-order chi connectivity index (χ1) is 31.6. The van der Waals surface area contributed by atoms with Gasteiger partial charge < -0.3 is 40.0 Å². The van der Waals surface area contributed by atoms with Gasteiger partial charge in [-0.1, -0.05) is 51.8 Å². The molecular formula is C49H71N5O10S2. The molecule has 17 heteroatoms. The van der Waals surface area contributed by atoms with Crippen LogP contribution in [0.3, 0.4) is 0 Å². The van der Waals surface area contributed by atoms with Crippen LogP contribution in [-0.4, -0.2) is 95.4 Å². The van der Waals surface area contributed by atoms with Gasteiger partial charge in [0, 0.05) is 52.2 Å². The number of nitrogens with two attached hydrogens (primary N) is 1. The molecule has 4 amide bonds. The maximum Gasteiger partial charge on any atom is 0.330 e. The van der Waals surface area contributed by atoms with E-state index in [1.807, 2.05) is 46.8 Å². The van der Waals surface area contributed by atoms with Gasteiger partial charge >= 0.3 is 5.97 Å². The van der Waals surface area contributed by atoms with Crippen LogP contribution >= 0.6 is 23.3 Å². The second-order valence-corrected chi connectivity index (χ2v) is 18.5. The molecule has 1 aliphatic heterocycles. The lowest BCUT2D eigenvalue weighted by Crippen LogP contribution is -2.47. The third kappa shape index (κ3) is 17.6. The van der Waals surface area contributed by atoms with Crippen LogP contribution in [0, 0.1) is 18.8 Å². The van der Waals surface area contributed by atoms with Crippen molar-refractivity contribution in [3.05, 3.63) is 69.5 Å². The number of thiophene rings is 1. The number of hydrogen-bond donors (Lipinski definition) is 4. The van der Waals surface area contributed by atoms with E-state index in [4.69, 9.17) is 29.8 Å².